The van der Waals surface area contributed by atoms with Gasteiger partial charge in [0.15, 0.2) is 0 Å². The summed E-state index contributed by atoms with van der Waals surface area (Å²) < 4.78 is 10.4. The molecule has 0 radical (unpaired) electrons. The first kappa shape index (κ1) is 8.12. The quantitative estimate of drug-likeness (QED) is 0.814. The summed E-state index contributed by atoms with van der Waals surface area (Å²) >= 11 is 1.31. The molecule has 2 aromatic heterocycles. The summed E-state index contributed by atoms with van der Waals surface area (Å²) in [6.45, 7) is 0.389. The molecule has 2 aromatic rings. The maximum atomic E-state index is 5.48. The van der Waals surface area contributed by atoms with Gasteiger partial charge in [-0.25, -0.2) is 4.98 Å². The monoisotopic (exact) mass is 196 g/mol. The van der Waals surface area contributed by atoms with Crippen molar-refractivity contribution in [2.45, 2.75) is 6.61 Å². The summed E-state index contributed by atoms with van der Waals surface area (Å²) in [6.07, 6.45) is 3.18. The average molecular weight is 196 g/mol. The van der Waals surface area contributed by atoms with E-state index in [1.54, 1.807) is 12.5 Å². The van der Waals surface area contributed by atoms with Crippen LogP contribution in [0.3, 0.4) is 0 Å². The van der Waals surface area contributed by atoms with Crippen molar-refractivity contribution >= 4 is 16.3 Å². The van der Waals surface area contributed by atoms with Gasteiger partial charge in [-0.05, 0) is 12.1 Å². The number of thiazole rings is 1. The molecule has 0 unspecified atom stereocenters. The van der Waals surface area contributed by atoms with Crippen LogP contribution in [0, 0.1) is 0 Å². The van der Waals surface area contributed by atoms with Gasteiger partial charge in [-0.3, -0.25) is 0 Å². The van der Waals surface area contributed by atoms with E-state index in [9.17, 15) is 0 Å². The largest absolute Gasteiger partial charge is 0.466 e. The van der Waals surface area contributed by atoms with E-state index in [0.29, 0.717) is 16.8 Å². The van der Waals surface area contributed by atoms with Gasteiger partial charge in [0, 0.05) is 0 Å². The Morgan fingerprint density at radius 3 is 3.15 bits per heavy atom. The van der Waals surface area contributed by atoms with Crippen LogP contribution in [0.2, 0.25) is 0 Å². The summed E-state index contributed by atoms with van der Waals surface area (Å²) in [7, 11) is 0. The zero-order valence-corrected chi connectivity index (χ0v) is 7.58. The second kappa shape index (κ2) is 3.49. The molecule has 0 aliphatic heterocycles. The molecule has 5 heteroatoms. The molecule has 0 aliphatic rings. The third-order valence-electron chi connectivity index (χ3n) is 1.42. The molecular weight excluding hydrogens is 188 g/mol. The van der Waals surface area contributed by atoms with Crippen LogP contribution >= 0.6 is 11.3 Å². The van der Waals surface area contributed by atoms with Gasteiger partial charge in [-0.15, -0.1) is 0 Å². The van der Waals surface area contributed by atoms with Gasteiger partial charge in [-0.2, -0.15) is 0 Å². The summed E-state index contributed by atoms with van der Waals surface area (Å²) in [5, 5.41) is 1.21. The van der Waals surface area contributed by atoms with E-state index in [4.69, 9.17) is 14.9 Å². The van der Waals surface area contributed by atoms with Gasteiger partial charge in [0.1, 0.15) is 17.4 Å². The van der Waals surface area contributed by atoms with Crippen molar-refractivity contribution in [1.29, 1.82) is 0 Å². The second-order valence-corrected chi connectivity index (χ2v) is 3.42. The van der Waals surface area contributed by atoms with Crippen molar-refractivity contribution in [1.82, 2.24) is 4.98 Å². The molecule has 2 rings (SSSR count). The molecule has 0 spiro atoms. The van der Waals surface area contributed by atoms with Crippen LogP contribution in [0.15, 0.2) is 29.0 Å². The molecule has 0 saturated carbocycles. The normalized spacial score (nSPS) is 10.2. The van der Waals surface area contributed by atoms with Crippen molar-refractivity contribution < 1.29 is 9.15 Å². The van der Waals surface area contributed by atoms with E-state index in [0.717, 1.165) is 5.76 Å². The van der Waals surface area contributed by atoms with Gasteiger partial charge in [0.05, 0.1) is 12.5 Å². The molecule has 0 fully saturated rings. The van der Waals surface area contributed by atoms with Gasteiger partial charge in [-0.1, -0.05) is 11.3 Å². The average Bonchev–Trinajstić information content (AvgIpc) is 2.71. The Morgan fingerprint density at radius 2 is 2.54 bits per heavy atom. The van der Waals surface area contributed by atoms with Gasteiger partial charge in [0.2, 0.25) is 0 Å². The number of nitrogens with zero attached hydrogens (tertiary/aromatic N) is 1. The Morgan fingerprint density at radius 1 is 1.62 bits per heavy atom. The molecule has 0 bridgehead atoms. The van der Waals surface area contributed by atoms with Crippen molar-refractivity contribution in [3.8, 4) is 5.19 Å². The van der Waals surface area contributed by atoms with Crippen LogP contribution < -0.4 is 10.5 Å². The summed E-state index contributed by atoms with van der Waals surface area (Å²) in [5.74, 6) is 0.772. The van der Waals surface area contributed by atoms with Crippen LogP contribution in [0.5, 0.6) is 5.19 Å². The molecule has 0 saturated heterocycles. The number of ether oxygens (including phenoxy) is 1. The lowest BCUT2D eigenvalue weighted by atomic mass is 10.5. The molecule has 4 nitrogen and oxygen atoms in total. The molecule has 0 amide bonds. The number of anilines is 1. The Hall–Kier alpha value is -1.49. The van der Waals surface area contributed by atoms with Gasteiger partial charge >= 0.3 is 0 Å². The van der Waals surface area contributed by atoms with Crippen LogP contribution in [-0.2, 0) is 6.61 Å². The smallest absolute Gasteiger partial charge is 0.275 e. The van der Waals surface area contributed by atoms with Crippen LogP contribution in [0.4, 0.5) is 5.00 Å². The summed E-state index contributed by atoms with van der Waals surface area (Å²) in [4.78, 5) is 3.94. The van der Waals surface area contributed by atoms with E-state index >= 15 is 0 Å². The predicted octanol–water partition coefficient (Wildman–Crippen LogP) is 1.90. The number of nitrogens with two attached hydrogens (primary N) is 1. The molecule has 68 valence electrons. The highest BCUT2D eigenvalue weighted by Gasteiger charge is 2.01. The lowest BCUT2D eigenvalue weighted by Crippen LogP contribution is -1.92. The maximum absolute atomic E-state index is 5.48. The Balaban J connectivity index is 1.93. The number of aromatic nitrogens is 1. The minimum absolute atomic E-state index is 0.389. The first-order valence-corrected chi connectivity index (χ1v) is 4.53. The Labute approximate surface area is 79.0 Å². The highest BCUT2D eigenvalue weighted by molar-refractivity contribution is 7.17. The third-order valence-corrected chi connectivity index (χ3v) is 2.16. The van der Waals surface area contributed by atoms with E-state index in [1.165, 1.54) is 11.3 Å². The Kier molecular flexibility index (Phi) is 2.18. The topological polar surface area (TPSA) is 61.3 Å². The number of rotatable bonds is 3. The molecule has 13 heavy (non-hydrogen) atoms. The van der Waals surface area contributed by atoms with Crippen LogP contribution in [-0.4, -0.2) is 4.98 Å². The standard InChI is InChI=1S/C8H8N2O2S/c9-7-4-10-8(13-7)12-5-6-2-1-3-11-6/h1-4H,5,9H2. The van der Waals surface area contributed by atoms with Crippen molar-refractivity contribution in [3.05, 3.63) is 30.4 Å². The molecule has 0 aliphatic carbocycles. The minimum atomic E-state index is 0.389. The lowest BCUT2D eigenvalue weighted by Gasteiger charge is -1.97. The third kappa shape index (κ3) is 2.00. The predicted molar refractivity (Wildman–Crippen MR) is 49.6 cm³/mol. The SMILES string of the molecule is Nc1cnc(OCc2ccco2)s1. The van der Waals surface area contributed by atoms with Gasteiger partial charge < -0.3 is 14.9 Å². The maximum Gasteiger partial charge on any atom is 0.275 e. The number of nitrogen functional groups attached to an aromatic ring is 1. The molecule has 0 atom stereocenters. The fraction of sp³-hybridized carbons (Fsp3) is 0.125. The van der Waals surface area contributed by atoms with Crippen LogP contribution in [0.1, 0.15) is 5.76 Å². The number of hydrogen-bond acceptors (Lipinski definition) is 5. The van der Waals surface area contributed by atoms with Crippen LogP contribution in [0.25, 0.3) is 0 Å². The van der Waals surface area contributed by atoms with Crippen molar-refractivity contribution in [3.63, 3.8) is 0 Å². The van der Waals surface area contributed by atoms with E-state index < -0.39 is 0 Å². The Bertz CT molecular complexity index is 369. The summed E-state index contributed by atoms with van der Waals surface area (Å²) in [5.41, 5.74) is 5.48. The molecular formula is C8H8N2O2S. The highest BCUT2D eigenvalue weighted by Crippen LogP contribution is 2.22. The van der Waals surface area contributed by atoms with E-state index in [1.807, 2.05) is 12.1 Å². The number of hydrogen-bond donors (Lipinski definition) is 1. The fourth-order valence-corrected chi connectivity index (χ4v) is 1.39. The summed E-state index contributed by atoms with van der Waals surface area (Å²) in [6, 6.07) is 3.66. The first-order chi connectivity index (χ1) is 6.34. The molecule has 2 heterocycles. The van der Waals surface area contributed by atoms with E-state index in [-0.39, 0.29) is 0 Å². The highest BCUT2D eigenvalue weighted by atomic mass is 32.1. The first-order valence-electron chi connectivity index (χ1n) is 3.71. The molecule has 0 aromatic carbocycles. The van der Waals surface area contributed by atoms with Gasteiger partial charge in [0.25, 0.3) is 5.19 Å². The fourth-order valence-electron chi connectivity index (χ4n) is 0.864. The van der Waals surface area contributed by atoms with E-state index in [2.05, 4.69) is 4.98 Å². The minimum Gasteiger partial charge on any atom is -0.466 e. The lowest BCUT2D eigenvalue weighted by molar-refractivity contribution is 0.269. The molecule has 2 N–H and O–H groups in total. The second-order valence-electron chi connectivity index (χ2n) is 2.40. The number of furan rings is 1. The zero-order chi connectivity index (χ0) is 9.10. The van der Waals surface area contributed by atoms with Crippen molar-refractivity contribution in [2.75, 3.05) is 5.73 Å². The zero-order valence-electron chi connectivity index (χ0n) is 6.77. The van der Waals surface area contributed by atoms with Crippen molar-refractivity contribution in [2.24, 2.45) is 0 Å².